The molecular weight excluding hydrogens is 336 g/mol. The van der Waals surface area contributed by atoms with Crippen LogP contribution in [0.15, 0.2) is 24.3 Å². The lowest BCUT2D eigenvalue weighted by Crippen LogP contribution is -2.27. The number of benzene rings is 1. The monoisotopic (exact) mass is 358 g/mol. The minimum absolute atomic E-state index is 0.0831. The molecule has 2 aliphatic heterocycles. The molecule has 0 saturated heterocycles. The van der Waals surface area contributed by atoms with Crippen molar-refractivity contribution < 1.29 is 19.4 Å². The molecule has 3 heterocycles. The Kier molecular flexibility index (Phi) is 4.77. The van der Waals surface area contributed by atoms with Crippen LogP contribution in [0.25, 0.3) is 0 Å². The largest absolute Gasteiger partial charge is 0.454 e. The van der Waals surface area contributed by atoms with E-state index in [2.05, 4.69) is 21.4 Å². The fourth-order valence-corrected chi connectivity index (χ4v) is 3.39. The van der Waals surface area contributed by atoms with Crippen LogP contribution in [0.4, 0.5) is 0 Å². The zero-order valence-electron chi connectivity index (χ0n) is 14.5. The van der Waals surface area contributed by atoms with Gasteiger partial charge in [-0.15, -0.1) is 0 Å². The van der Waals surface area contributed by atoms with Crippen LogP contribution >= 0.6 is 0 Å². The molecule has 0 atom stereocenters. The lowest BCUT2D eigenvalue weighted by Gasteiger charge is -2.20. The van der Waals surface area contributed by atoms with E-state index in [-0.39, 0.29) is 25.9 Å². The van der Waals surface area contributed by atoms with Gasteiger partial charge in [-0.1, -0.05) is 12.1 Å². The summed E-state index contributed by atoms with van der Waals surface area (Å²) in [4.78, 5) is 14.4. The fraction of sp³-hybridized carbons (Fsp3) is 0.444. The van der Waals surface area contributed by atoms with E-state index in [0.29, 0.717) is 12.2 Å². The Hall–Kier alpha value is -2.58. The number of carbonyl (C=O) groups is 1. The molecule has 4 rings (SSSR count). The number of aliphatic hydroxyl groups excluding tert-OH is 1. The molecule has 2 N–H and O–H groups in total. The zero-order chi connectivity index (χ0) is 17.9. The van der Waals surface area contributed by atoms with Crippen molar-refractivity contribution in [3.8, 4) is 11.5 Å². The molecule has 1 amide bonds. The second-order valence-corrected chi connectivity index (χ2v) is 6.44. The van der Waals surface area contributed by atoms with Crippen molar-refractivity contribution in [1.29, 1.82) is 0 Å². The maximum absolute atomic E-state index is 12.1. The van der Waals surface area contributed by atoms with Crippen molar-refractivity contribution in [2.45, 2.75) is 26.1 Å². The SMILES string of the molecule is O=C(NCCO)c1cc2n(n1)CCCN(Cc1cccc3c1OCO3)C2. The minimum Gasteiger partial charge on any atom is -0.454 e. The van der Waals surface area contributed by atoms with Crippen molar-refractivity contribution >= 4 is 5.91 Å². The van der Waals surface area contributed by atoms with Gasteiger partial charge in [-0.25, -0.2) is 0 Å². The Balaban J connectivity index is 1.49. The molecule has 138 valence electrons. The Morgan fingerprint density at radius 1 is 1.31 bits per heavy atom. The molecule has 0 radical (unpaired) electrons. The predicted octanol–water partition coefficient (Wildman–Crippen LogP) is 0.740. The third-order valence-electron chi connectivity index (χ3n) is 4.60. The molecule has 0 bridgehead atoms. The second-order valence-electron chi connectivity index (χ2n) is 6.44. The molecule has 26 heavy (non-hydrogen) atoms. The normalized spacial score (nSPS) is 16.2. The first kappa shape index (κ1) is 16.9. The van der Waals surface area contributed by atoms with Crippen LogP contribution in [-0.4, -0.2) is 52.2 Å². The van der Waals surface area contributed by atoms with Gasteiger partial charge in [0.05, 0.1) is 12.3 Å². The first-order chi connectivity index (χ1) is 12.7. The van der Waals surface area contributed by atoms with E-state index < -0.39 is 0 Å². The van der Waals surface area contributed by atoms with Crippen molar-refractivity contribution in [2.24, 2.45) is 0 Å². The number of ether oxygens (including phenoxy) is 2. The molecule has 2 aliphatic rings. The van der Waals surface area contributed by atoms with Gasteiger partial charge in [0, 0.05) is 38.3 Å². The number of hydrogen-bond donors (Lipinski definition) is 2. The number of aromatic nitrogens is 2. The number of para-hydroxylation sites is 1. The first-order valence-corrected chi connectivity index (χ1v) is 8.80. The van der Waals surface area contributed by atoms with Crippen LogP contribution in [0.2, 0.25) is 0 Å². The van der Waals surface area contributed by atoms with E-state index >= 15 is 0 Å². The van der Waals surface area contributed by atoms with E-state index in [0.717, 1.165) is 48.8 Å². The van der Waals surface area contributed by atoms with Crippen molar-refractivity contribution in [1.82, 2.24) is 20.0 Å². The molecule has 1 aromatic heterocycles. The number of hydrogen-bond acceptors (Lipinski definition) is 6. The fourth-order valence-electron chi connectivity index (χ4n) is 3.39. The summed E-state index contributed by atoms with van der Waals surface area (Å²) in [7, 11) is 0. The highest BCUT2D eigenvalue weighted by Crippen LogP contribution is 2.36. The third-order valence-corrected chi connectivity index (χ3v) is 4.60. The van der Waals surface area contributed by atoms with Crippen LogP contribution in [0, 0.1) is 0 Å². The van der Waals surface area contributed by atoms with Crippen LogP contribution in [0.3, 0.4) is 0 Å². The first-order valence-electron chi connectivity index (χ1n) is 8.80. The summed E-state index contributed by atoms with van der Waals surface area (Å²) >= 11 is 0. The average Bonchev–Trinajstić information content (AvgIpc) is 3.24. The summed E-state index contributed by atoms with van der Waals surface area (Å²) in [6.07, 6.45) is 0.957. The number of nitrogens with zero attached hydrogens (tertiary/aromatic N) is 3. The summed E-state index contributed by atoms with van der Waals surface area (Å²) in [5, 5.41) is 15.9. The van der Waals surface area contributed by atoms with Gasteiger partial charge in [0.25, 0.3) is 5.91 Å². The average molecular weight is 358 g/mol. The lowest BCUT2D eigenvalue weighted by molar-refractivity contribution is 0.0939. The van der Waals surface area contributed by atoms with E-state index in [1.807, 2.05) is 22.9 Å². The summed E-state index contributed by atoms with van der Waals surface area (Å²) in [5.41, 5.74) is 2.52. The van der Waals surface area contributed by atoms with Crippen molar-refractivity contribution in [3.63, 3.8) is 0 Å². The van der Waals surface area contributed by atoms with Gasteiger partial charge in [0.1, 0.15) is 5.69 Å². The molecule has 0 saturated carbocycles. The molecule has 0 aliphatic carbocycles. The third kappa shape index (κ3) is 3.38. The van der Waals surface area contributed by atoms with Crippen molar-refractivity contribution in [3.05, 3.63) is 41.2 Å². The lowest BCUT2D eigenvalue weighted by atomic mass is 10.1. The maximum Gasteiger partial charge on any atom is 0.271 e. The Morgan fingerprint density at radius 3 is 3.12 bits per heavy atom. The number of aliphatic hydroxyl groups is 1. The highest BCUT2D eigenvalue weighted by molar-refractivity contribution is 5.92. The van der Waals surface area contributed by atoms with Crippen LogP contribution < -0.4 is 14.8 Å². The minimum atomic E-state index is -0.252. The van der Waals surface area contributed by atoms with Crippen LogP contribution in [-0.2, 0) is 19.6 Å². The molecule has 0 fully saturated rings. The summed E-state index contributed by atoms with van der Waals surface area (Å²) in [6.45, 7) is 3.61. The van der Waals surface area contributed by atoms with E-state index in [1.165, 1.54) is 0 Å². The van der Waals surface area contributed by atoms with Crippen LogP contribution in [0.1, 0.15) is 28.2 Å². The second kappa shape index (κ2) is 7.35. The molecule has 8 heteroatoms. The quantitative estimate of drug-likeness (QED) is 0.820. The molecule has 8 nitrogen and oxygen atoms in total. The number of fused-ring (bicyclic) bond motifs is 2. The Bertz CT molecular complexity index is 804. The van der Waals surface area contributed by atoms with E-state index in [9.17, 15) is 4.79 Å². The Labute approximate surface area is 151 Å². The van der Waals surface area contributed by atoms with Gasteiger partial charge in [0.2, 0.25) is 6.79 Å². The molecule has 1 aromatic carbocycles. The summed E-state index contributed by atoms with van der Waals surface area (Å²) in [5.74, 6) is 1.37. The number of amides is 1. The topological polar surface area (TPSA) is 88.9 Å². The smallest absolute Gasteiger partial charge is 0.271 e. The maximum atomic E-state index is 12.1. The van der Waals surface area contributed by atoms with Gasteiger partial charge in [0.15, 0.2) is 11.5 Å². The standard InChI is InChI=1S/C18H22N4O4/c23-8-5-19-18(24)15-9-14-11-21(6-2-7-22(14)20-15)10-13-3-1-4-16-17(13)26-12-25-16/h1,3-4,9,23H,2,5-8,10-12H2,(H,19,24). The molecule has 0 spiro atoms. The molecular formula is C18H22N4O4. The predicted molar refractivity (Wildman–Crippen MR) is 92.9 cm³/mol. The Morgan fingerprint density at radius 2 is 2.23 bits per heavy atom. The summed E-state index contributed by atoms with van der Waals surface area (Å²) in [6, 6.07) is 7.79. The van der Waals surface area contributed by atoms with E-state index in [4.69, 9.17) is 14.6 Å². The number of aryl methyl sites for hydroxylation is 1. The highest BCUT2D eigenvalue weighted by atomic mass is 16.7. The highest BCUT2D eigenvalue weighted by Gasteiger charge is 2.22. The number of carbonyl (C=O) groups excluding carboxylic acids is 1. The van der Waals surface area contributed by atoms with E-state index in [1.54, 1.807) is 0 Å². The van der Waals surface area contributed by atoms with Crippen LogP contribution in [0.5, 0.6) is 11.5 Å². The van der Waals surface area contributed by atoms with Gasteiger partial charge < -0.3 is 19.9 Å². The van der Waals surface area contributed by atoms with Gasteiger partial charge >= 0.3 is 0 Å². The zero-order valence-corrected chi connectivity index (χ0v) is 14.5. The van der Waals surface area contributed by atoms with Gasteiger partial charge in [-0.3, -0.25) is 14.4 Å². The molecule has 2 aromatic rings. The van der Waals surface area contributed by atoms with Crippen molar-refractivity contribution in [2.75, 3.05) is 26.5 Å². The van der Waals surface area contributed by atoms with Gasteiger partial charge in [-0.05, 0) is 18.6 Å². The number of rotatable bonds is 5. The summed E-state index contributed by atoms with van der Waals surface area (Å²) < 4.78 is 13.0. The van der Waals surface area contributed by atoms with Gasteiger partial charge in [-0.2, -0.15) is 5.10 Å². The number of nitrogens with one attached hydrogen (secondary N) is 1. The molecule has 0 unspecified atom stereocenters.